The number of likely N-dealkylation sites (tertiary alicyclic amines) is 2. The first-order valence-corrected chi connectivity index (χ1v) is 17.2. The average Bonchev–Trinajstić information content (AvgIpc) is 3.14. The minimum Gasteiger partial charge on any atom is -0.619 e. The minimum atomic E-state index is -0.280. The van der Waals surface area contributed by atoms with E-state index in [-0.39, 0.29) is 23.8 Å². The fourth-order valence-corrected chi connectivity index (χ4v) is 6.58. The molecule has 0 spiro atoms. The first-order valence-electron chi connectivity index (χ1n) is 17.2. The van der Waals surface area contributed by atoms with Crippen molar-refractivity contribution in [2.45, 2.75) is 58.9 Å². The Bertz CT molecular complexity index is 1420. The van der Waals surface area contributed by atoms with Crippen LogP contribution in [-0.2, 0) is 20.9 Å². The Morgan fingerprint density at radius 2 is 1.27 bits per heavy atom. The van der Waals surface area contributed by atoms with E-state index < -0.39 is 0 Å². The molecule has 2 aliphatic heterocycles. The molecular formula is C38H51N5O5. The Kier molecular flexibility index (Phi) is 14.2. The fourth-order valence-electron chi connectivity index (χ4n) is 6.58. The molecule has 48 heavy (non-hydrogen) atoms. The van der Waals surface area contributed by atoms with E-state index >= 15 is 0 Å². The molecule has 0 aliphatic carbocycles. The normalized spacial score (nSPS) is 17.9. The number of rotatable bonds is 10. The molecule has 3 aromatic rings. The van der Waals surface area contributed by atoms with Crippen molar-refractivity contribution in [2.24, 2.45) is 11.8 Å². The van der Waals surface area contributed by atoms with Crippen LogP contribution in [0.2, 0.25) is 0 Å². The summed E-state index contributed by atoms with van der Waals surface area (Å²) >= 11 is 0. The van der Waals surface area contributed by atoms with Crippen LogP contribution in [0.4, 0.5) is 16.2 Å². The summed E-state index contributed by atoms with van der Waals surface area (Å²) in [5, 5.41) is 11.2. The summed E-state index contributed by atoms with van der Waals surface area (Å²) in [7, 11) is 1.41. The zero-order chi connectivity index (χ0) is 34.3. The second-order valence-corrected chi connectivity index (χ2v) is 12.6. The van der Waals surface area contributed by atoms with Crippen molar-refractivity contribution in [1.82, 2.24) is 9.80 Å². The van der Waals surface area contributed by atoms with E-state index in [1.165, 1.54) is 7.11 Å². The van der Waals surface area contributed by atoms with E-state index in [0.717, 1.165) is 80.1 Å². The molecule has 0 bridgehead atoms. The van der Waals surface area contributed by atoms with Gasteiger partial charge in [0.1, 0.15) is 0 Å². The highest BCUT2D eigenvalue weighted by atomic mass is 16.5. The molecule has 10 nitrogen and oxygen atoms in total. The van der Waals surface area contributed by atoms with Crippen molar-refractivity contribution in [3.63, 3.8) is 0 Å². The van der Waals surface area contributed by atoms with Gasteiger partial charge in [-0.15, -0.1) is 0 Å². The molecule has 2 aromatic carbocycles. The van der Waals surface area contributed by atoms with Gasteiger partial charge in [0.2, 0.25) is 11.8 Å². The van der Waals surface area contributed by atoms with Gasteiger partial charge in [0, 0.05) is 75.6 Å². The fraction of sp³-hybridized carbons (Fsp3) is 0.474. The van der Waals surface area contributed by atoms with Gasteiger partial charge in [0.25, 0.3) is 0 Å². The number of para-hydroxylation sites is 2. The van der Waals surface area contributed by atoms with E-state index in [1.807, 2.05) is 96.4 Å². The van der Waals surface area contributed by atoms with Gasteiger partial charge in [-0.05, 0) is 73.9 Å². The Balaban J connectivity index is 0.000000220. The third-order valence-electron chi connectivity index (χ3n) is 9.06. The number of benzene rings is 2. The lowest BCUT2D eigenvalue weighted by Crippen LogP contribution is -2.45. The summed E-state index contributed by atoms with van der Waals surface area (Å²) in [6, 6.07) is 23.5. The lowest BCUT2D eigenvalue weighted by atomic mass is 9.96. The predicted octanol–water partition coefficient (Wildman–Crippen LogP) is 5.88. The quantitative estimate of drug-likeness (QED) is 0.199. The highest BCUT2D eigenvalue weighted by molar-refractivity contribution is 5.93. The predicted molar refractivity (Wildman–Crippen MR) is 188 cm³/mol. The molecular weight excluding hydrogens is 606 g/mol. The van der Waals surface area contributed by atoms with Crippen molar-refractivity contribution in [3.8, 4) is 0 Å². The highest BCUT2D eigenvalue weighted by Gasteiger charge is 2.28. The highest BCUT2D eigenvalue weighted by Crippen LogP contribution is 2.24. The standard InChI is InChI=1S/C21H27N3O2.C17H24N2O3/c1-2-21(25)24(20-8-4-3-5-9-20)17-19-7-6-12-22(16-19)15-18-10-13-23(26)14-11-18;1-3-16(20)19(15-9-5-4-6-10-15)13-14-8-7-11-18(12-14)17(21)22-2/h3-5,8-11,13-14,19H,2,6-7,12,15-17H2,1H3;4-6,9-10,14H,3,7-8,11-13H2,1-2H3. The molecule has 2 aliphatic rings. The molecule has 0 saturated carbocycles. The number of carbonyl (C=O) groups excluding carboxylic acids is 3. The number of ether oxygens (including phenoxy) is 1. The van der Waals surface area contributed by atoms with Gasteiger partial charge in [0.05, 0.1) is 7.11 Å². The number of methoxy groups -OCH3 is 1. The molecule has 258 valence electrons. The van der Waals surface area contributed by atoms with Crippen molar-refractivity contribution in [3.05, 3.63) is 96.0 Å². The summed E-state index contributed by atoms with van der Waals surface area (Å²) in [6.45, 7) is 9.48. The summed E-state index contributed by atoms with van der Waals surface area (Å²) in [6.07, 6.45) is 8.07. The maximum absolute atomic E-state index is 12.5. The van der Waals surface area contributed by atoms with E-state index in [4.69, 9.17) is 4.74 Å². The smallest absolute Gasteiger partial charge is 0.409 e. The van der Waals surface area contributed by atoms with Crippen molar-refractivity contribution in [2.75, 3.05) is 56.2 Å². The van der Waals surface area contributed by atoms with Gasteiger partial charge in [0.15, 0.2) is 12.4 Å². The second-order valence-electron chi connectivity index (χ2n) is 12.6. The van der Waals surface area contributed by atoms with Crippen LogP contribution in [0.5, 0.6) is 0 Å². The largest absolute Gasteiger partial charge is 0.619 e. The Morgan fingerprint density at radius 1 is 0.771 bits per heavy atom. The minimum absolute atomic E-state index is 0.112. The van der Waals surface area contributed by atoms with Crippen LogP contribution in [0.1, 0.15) is 57.9 Å². The van der Waals surface area contributed by atoms with Crippen LogP contribution in [0.3, 0.4) is 0 Å². The van der Waals surface area contributed by atoms with Gasteiger partial charge in [-0.25, -0.2) is 4.79 Å². The number of pyridine rings is 1. The molecule has 3 amide bonds. The van der Waals surface area contributed by atoms with Crippen molar-refractivity contribution < 1.29 is 23.9 Å². The van der Waals surface area contributed by atoms with Gasteiger partial charge in [-0.3, -0.25) is 14.5 Å². The Morgan fingerprint density at radius 3 is 1.77 bits per heavy atom. The number of nitrogens with zero attached hydrogens (tertiary/aromatic N) is 5. The summed E-state index contributed by atoms with van der Waals surface area (Å²) < 4.78 is 5.62. The van der Waals surface area contributed by atoms with Crippen LogP contribution in [0, 0.1) is 17.0 Å². The van der Waals surface area contributed by atoms with Crippen LogP contribution in [-0.4, -0.2) is 74.1 Å². The molecule has 2 unspecified atom stereocenters. The number of amides is 3. The lowest BCUT2D eigenvalue weighted by Gasteiger charge is -2.35. The number of carbonyl (C=O) groups is 3. The van der Waals surface area contributed by atoms with Gasteiger partial charge in [-0.1, -0.05) is 50.2 Å². The van der Waals surface area contributed by atoms with Gasteiger partial charge >= 0.3 is 6.09 Å². The van der Waals surface area contributed by atoms with Gasteiger partial charge in [-0.2, -0.15) is 4.73 Å². The van der Waals surface area contributed by atoms with Gasteiger partial charge < -0.3 is 24.6 Å². The number of piperidine rings is 2. The van der Waals surface area contributed by atoms with Crippen LogP contribution in [0.25, 0.3) is 0 Å². The number of hydrogen-bond acceptors (Lipinski definition) is 6. The van der Waals surface area contributed by atoms with E-state index in [9.17, 15) is 19.6 Å². The molecule has 2 saturated heterocycles. The number of hydrogen-bond donors (Lipinski definition) is 0. The lowest BCUT2D eigenvalue weighted by molar-refractivity contribution is -0.605. The van der Waals surface area contributed by atoms with Crippen LogP contribution < -0.4 is 14.5 Å². The summed E-state index contributed by atoms with van der Waals surface area (Å²) in [4.78, 5) is 44.4. The summed E-state index contributed by atoms with van der Waals surface area (Å²) in [5.74, 6) is 1.04. The van der Waals surface area contributed by atoms with Crippen molar-refractivity contribution in [1.29, 1.82) is 0 Å². The number of anilines is 2. The summed E-state index contributed by atoms with van der Waals surface area (Å²) in [5.41, 5.74) is 3.06. The third-order valence-corrected chi connectivity index (χ3v) is 9.06. The molecule has 1 aromatic heterocycles. The first kappa shape index (κ1) is 36.4. The van der Waals surface area contributed by atoms with E-state index in [2.05, 4.69) is 4.90 Å². The first-order chi connectivity index (χ1) is 23.3. The maximum Gasteiger partial charge on any atom is 0.409 e. The third kappa shape index (κ3) is 10.8. The van der Waals surface area contributed by atoms with Crippen LogP contribution >= 0.6 is 0 Å². The van der Waals surface area contributed by atoms with E-state index in [0.29, 0.717) is 31.8 Å². The molecule has 0 radical (unpaired) electrons. The Hall–Kier alpha value is -4.44. The molecule has 3 heterocycles. The number of aromatic nitrogens is 1. The van der Waals surface area contributed by atoms with Crippen LogP contribution in [0.15, 0.2) is 85.2 Å². The molecule has 2 atom stereocenters. The molecule has 0 N–H and O–H groups in total. The van der Waals surface area contributed by atoms with Crippen molar-refractivity contribution >= 4 is 29.3 Å². The topological polar surface area (TPSA) is 100 Å². The van der Waals surface area contributed by atoms with E-state index in [1.54, 1.807) is 17.3 Å². The molecule has 2 fully saturated rings. The molecule has 10 heteroatoms. The molecule has 5 rings (SSSR count). The average molecular weight is 658 g/mol. The Labute approximate surface area is 285 Å². The zero-order valence-corrected chi connectivity index (χ0v) is 28.7. The monoisotopic (exact) mass is 657 g/mol. The maximum atomic E-state index is 12.5. The second kappa shape index (κ2) is 18.8. The SMILES string of the molecule is CCC(=O)N(CC1CCCN(C(=O)OC)C1)c1ccccc1.CCC(=O)N(CC1CCCN(Cc2cc[n+]([O-])cc2)C1)c1ccccc1. The zero-order valence-electron chi connectivity index (χ0n) is 28.7.